The third-order valence-corrected chi connectivity index (χ3v) is 3.71. The predicted octanol–water partition coefficient (Wildman–Crippen LogP) is 2.02. The molecule has 0 spiro atoms. The maximum absolute atomic E-state index is 9.16. The second-order valence-electron chi connectivity index (χ2n) is 3.92. The number of nitrogens with zero attached hydrogens (tertiary/aromatic N) is 1. The fraction of sp³-hybridized carbons (Fsp3) is 0.700. The molecule has 0 amide bonds. The van der Waals surface area contributed by atoms with Gasteiger partial charge in [0.15, 0.2) is 5.13 Å². The van der Waals surface area contributed by atoms with E-state index in [4.69, 9.17) is 5.11 Å². The normalized spacial score (nSPS) is 26.7. The number of thiazole rings is 1. The zero-order valence-corrected chi connectivity index (χ0v) is 9.18. The van der Waals surface area contributed by atoms with Crippen molar-refractivity contribution in [1.29, 1.82) is 0 Å². The van der Waals surface area contributed by atoms with E-state index in [0.29, 0.717) is 18.6 Å². The summed E-state index contributed by atoms with van der Waals surface area (Å²) in [4.78, 5) is 4.37. The van der Waals surface area contributed by atoms with Gasteiger partial charge in [0.1, 0.15) is 0 Å². The topological polar surface area (TPSA) is 45.1 Å². The quantitative estimate of drug-likeness (QED) is 0.805. The SMILES string of the molecule is Cc1csc(NC2CCCC2CO)n1. The molecule has 1 heterocycles. The van der Waals surface area contributed by atoms with Gasteiger partial charge in [0.05, 0.1) is 5.69 Å². The summed E-state index contributed by atoms with van der Waals surface area (Å²) in [5.74, 6) is 0.416. The molecule has 0 aromatic carbocycles. The Morgan fingerprint density at radius 1 is 1.64 bits per heavy atom. The van der Waals surface area contributed by atoms with Gasteiger partial charge in [-0.1, -0.05) is 6.42 Å². The molecule has 0 bridgehead atoms. The molecule has 1 aliphatic carbocycles. The Morgan fingerprint density at radius 2 is 2.50 bits per heavy atom. The number of aliphatic hydroxyl groups is 1. The third-order valence-electron chi connectivity index (χ3n) is 2.82. The van der Waals surface area contributed by atoms with Gasteiger partial charge < -0.3 is 10.4 Å². The number of hydrogen-bond acceptors (Lipinski definition) is 4. The number of anilines is 1. The number of aryl methyl sites for hydroxylation is 1. The molecule has 0 aliphatic heterocycles. The van der Waals surface area contributed by atoms with Crippen molar-refractivity contribution in [3.8, 4) is 0 Å². The molecule has 0 radical (unpaired) electrons. The first kappa shape index (κ1) is 9.93. The van der Waals surface area contributed by atoms with Crippen LogP contribution in [0.5, 0.6) is 0 Å². The van der Waals surface area contributed by atoms with Crippen LogP contribution in [0.15, 0.2) is 5.38 Å². The number of rotatable bonds is 3. The molecule has 2 rings (SSSR count). The predicted molar refractivity (Wildman–Crippen MR) is 58.7 cm³/mol. The largest absolute Gasteiger partial charge is 0.396 e. The minimum Gasteiger partial charge on any atom is -0.396 e. The molecule has 1 saturated carbocycles. The molecular weight excluding hydrogens is 196 g/mol. The van der Waals surface area contributed by atoms with E-state index in [2.05, 4.69) is 10.3 Å². The van der Waals surface area contributed by atoms with E-state index in [1.165, 1.54) is 6.42 Å². The lowest BCUT2D eigenvalue weighted by Crippen LogP contribution is -2.26. The molecule has 78 valence electrons. The lowest BCUT2D eigenvalue weighted by molar-refractivity contribution is 0.222. The van der Waals surface area contributed by atoms with Crippen molar-refractivity contribution in [2.24, 2.45) is 5.92 Å². The minimum absolute atomic E-state index is 0.294. The minimum atomic E-state index is 0.294. The van der Waals surface area contributed by atoms with Gasteiger partial charge in [0, 0.05) is 23.9 Å². The summed E-state index contributed by atoms with van der Waals surface area (Å²) >= 11 is 1.65. The van der Waals surface area contributed by atoms with E-state index in [1.54, 1.807) is 11.3 Å². The molecule has 2 atom stereocenters. The maximum atomic E-state index is 9.16. The van der Waals surface area contributed by atoms with E-state index in [0.717, 1.165) is 23.7 Å². The van der Waals surface area contributed by atoms with Crippen LogP contribution in [0, 0.1) is 12.8 Å². The van der Waals surface area contributed by atoms with Crippen molar-refractivity contribution in [3.63, 3.8) is 0 Å². The molecule has 1 aromatic rings. The van der Waals surface area contributed by atoms with Crippen LogP contribution in [-0.4, -0.2) is 22.7 Å². The summed E-state index contributed by atoms with van der Waals surface area (Å²) in [5, 5.41) is 15.6. The molecule has 2 unspecified atom stereocenters. The van der Waals surface area contributed by atoms with Gasteiger partial charge in [-0.25, -0.2) is 4.98 Å². The number of aromatic nitrogens is 1. The van der Waals surface area contributed by atoms with Crippen LogP contribution in [0.2, 0.25) is 0 Å². The summed E-state index contributed by atoms with van der Waals surface area (Å²) in [5.41, 5.74) is 1.07. The third kappa shape index (κ3) is 2.07. The highest BCUT2D eigenvalue weighted by molar-refractivity contribution is 7.13. The smallest absolute Gasteiger partial charge is 0.183 e. The van der Waals surface area contributed by atoms with E-state index < -0.39 is 0 Å². The lowest BCUT2D eigenvalue weighted by atomic mass is 10.1. The van der Waals surface area contributed by atoms with Crippen LogP contribution in [0.25, 0.3) is 0 Å². The molecule has 1 fully saturated rings. The van der Waals surface area contributed by atoms with Crippen molar-refractivity contribution in [1.82, 2.24) is 4.98 Å². The standard InChI is InChI=1S/C10H16N2OS/c1-7-6-14-10(11-7)12-9-4-2-3-8(9)5-13/h6,8-9,13H,2-5H2,1H3,(H,11,12). The molecule has 0 saturated heterocycles. The summed E-state index contributed by atoms with van der Waals surface area (Å²) in [6.45, 7) is 2.29. The first-order valence-corrected chi connectivity index (χ1v) is 5.97. The van der Waals surface area contributed by atoms with Crippen molar-refractivity contribution >= 4 is 16.5 Å². The van der Waals surface area contributed by atoms with Gasteiger partial charge >= 0.3 is 0 Å². The van der Waals surface area contributed by atoms with Crippen molar-refractivity contribution in [2.75, 3.05) is 11.9 Å². The van der Waals surface area contributed by atoms with Gasteiger partial charge in [0.25, 0.3) is 0 Å². The van der Waals surface area contributed by atoms with E-state index in [-0.39, 0.29) is 0 Å². The summed E-state index contributed by atoms with van der Waals surface area (Å²) in [7, 11) is 0. The maximum Gasteiger partial charge on any atom is 0.183 e. The van der Waals surface area contributed by atoms with Gasteiger partial charge in [-0.3, -0.25) is 0 Å². The van der Waals surface area contributed by atoms with Crippen molar-refractivity contribution < 1.29 is 5.11 Å². The molecule has 2 N–H and O–H groups in total. The van der Waals surface area contributed by atoms with E-state index in [9.17, 15) is 0 Å². The van der Waals surface area contributed by atoms with Crippen LogP contribution in [0.1, 0.15) is 25.0 Å². The first-order valence-electron chi connectivity index (χ1n) is 5.09. The van der Waals surface area contributed by atoms with Crippen LogP contribution in [0.3, 0.4) is 0 Å². The second kappa shape index (κ2) is 4.28. The number of aliphatic hydroxyl groups excluding tert-OH is 1. The fourth-order valence-electron chi connectivity index (χ4n) is 2.02. The van der Waals surface area contributed by atoms with Crippen LogP contribution in [-0.2, 0) is 0 Å². The average molecular weight is 212 g/mol. The Bertz CT molecular complexity index is 300. The Morgan fingerprint density at radius 3 is 3.14 bits per heavy atom. The van der Waals surface area contributed by atoms with Crippen molar-refractivity contribution in [2.45, 2.75) is 32.2 Å². The zero-order chi connectivity index (χ0) is 9.97. The Hall–Kier alpha value is -0.610. The Labute approximate surface area is 88.2 Å². The Balaban J connectivity index is 1.96. The van der Waals surface area contributed by atoms with E-state index >= 15 is 0 Å². The highest BCUT2D eigenvalue weighted by Crippen LogP contribution is 2.29. The molecule has 3 nitrogen and oxygen atoms in total. The van der Waals surface area contributed by atoms with Crippen LogP contribution < -0.4 is 5.32 Å². The van der Waals surface area contributed by atoms with Gasteiger partial charge in [-0.15, -0.1) is 11.3 Å². The van der Waals surface area contributed by atoms with Crippen molar-refractivity contribution in [3.05, 3.63) is 11.1 Å². The molecule has 1 aliphatic rings. The van der Waals surface area contributed by atoms with E-state index in [1.807, 2.05) is 12.3 Å². The molecule has 4 heteroatoms. The van der Waals surface area contributed by atoms with Gasteiger partial charge in [-0.05, 0) is 19.8 Å². The fourth-order valence-corrected chi connectivity index (χ4v) is 2.78. The highest BCUT2D eigenvalue weighted by atomic mass is 32.1. The molecular formula is C10H16N2OS. The molecule has 1 aromatic heterocycles. The monoisotopic (exact) mass is 212 g/mol. The molecule has 14 heavy (non-hydrogen) atoms. The number of hydrogen-bond donors (Lipinski definition) is 2. The van der Waals surface area contributed by atoms with Gasteiger partial charge in [-0.2, -0.15) is 0 Å². The summed E-state index contributed by atoms with van der Waals surface area (Å²) in [6.07, 6.45) is 3.51. The summed E-state index contributed by atoms with van der Waals surface area (Å²) < 4.78 is 0. The number of nitrogens with one attached hydrogen (secondary N) is 1. The average Bonchev–Trinajstić information content (AvgIpc) is 2.76. The summed E-state index contributed by atoms with van der Waals surface area (Å²) in [6, 6.07) is 0.422. The Kier molecular flexibility index (Phi) is 3.03. The van der Waals surface area contributed by atoms with Crippen LogP contribution >= 0.6 is 11.3 Å². The first-order chi connectivity index (χ1) is 6.79. The zero-order valence-electron chi connectivity index (χ0n) is 8.36. The lowest BCUT2D eigenvalue weighted by Gasteiger charge is -2.17. The van der Waals surface area contributed by atoms with Crippen LogP contribution in [0.4, 0.5) is 5.13 Å². The highest BCUT2D eigenvalue weighted by Gasteiger charge is 2.26. The second-order valence-corrected chi connectivity index (χ2v) is 4.78. The van der Waals surface area contributed by atoms with Gasteiger partial charge in [0.2, 0.25) is 0 Å².